The largest absolute Gasteiger partial charge is 0.507 e. The number of halogens is 2. The molecule has 8 nitrogen and oxygen atoms in total. The monoisotopic (exact) mass is 552 g/mol. The highest BCUT2D eigenvalue weighted by Gasteiger charge is 2.19. The van der Waals surface area contributed by atoms with Gasteiger partial charge in [0, 0.05) is 11.6 Å². The Labute approximate surface area is 223 Å². The van der Waals surface area contributed by atoms with E-state index >= 15 is 0 Å². The van der Waals surface area contributed by atoms with Crippen molar-refractivity contribution in [2.24, 2.45) is 5.10 Å². The van der Waals surface area contributed by atoms with E-state index in [9.17, 15) is 27.1 Å². The van der Waals surface area contributed by atoms with Crippen LogP contribution in [-0.4, -0.2) is 32.8 Å². The lowest BCUT2D eigenvalue weighted by molar-refractivity contribution is 0.0952. The summed E-state index contributed by atoms with van der Waals surface area (Å²) < 4.78 is 63.1. The average molecular weight is 553 g/mol. The van der Waals surface area contributed by atoms with Crippen molar-refractivity contribution in [2.75, 3.05) is 7.11 Å². The van der Waals surface area contributed by atoms with Gasteiger partial charge in [-0.1, -0.05) is 23.8 Å². The van der Waals surface area contributed by atoms with Crippen LogP contribution in [0.3, 0.4) is 0 Å². The molecule has 0 radical (unpaired) electrons. The van der Waals surface area contributed by atoms with E-state index in [1.807, 2.05) is 6.92 Å². The first-order valence-corrected chi connectivity index (χ1v) is 12.8. The Kier molecular flexibility index (Phi) is 7.91. The normalized spacial score (nSPS) is 11.4. The van der Waals surface area contributed by atoms with Crippen molar-refractivity contribution in [3.8, 4) is 28.4 Å². The molecule has 0 spiro atoms. The van der Waals surface area contributed by atoms with Gasteiger partial charge in [-0.3, -0.25) is 4.79 Å². The number of phenolic OH excluding ortho intramolecular Hbond substituents is 1. The Bertz CT molecular complexity index is 1670. The summed E-state index contributed by atoms with van der Waals surface area (Å²) in [5.41, 5.74) is 3.70. The van der Waals surface area contributed by atoms with Crippen molar-refractivity contribution < 1.29 is 36.0 Å². The fourth-order valence-corrected chi connectivity index (χ4v) is 4.48. The fourth-order valence-electron chi connectivity index (χ4n) is 3.54. The molecule has 0 saturated heterocycles. The third kappa shape index (κ3) is 6.39. The molecule has 0 saturated carbocycles. The van der Waals surface area contributed by atoms with E-state index in [4.69, 9.17) is 8.92 Å². The smallest absolute Gasteiger partial charge is 0.339 e. The number of carbonyl (C=O) groups is 1. The third-order valence-electron chi connectivity index (χ3n) is 5.56. The van der Waals surface area contributed by atoms with Gasteiger partial charge in [0.1, 0.15) is 22.3 Å². The Morgan fingerprint density at radius 1 is 0.949 bits per heavy atom. The minimum atomic E-state index is -4.10. The number of benzene rings is 4. The molecule has 4 rings (SSSR count). The topological polar surface area (TPSA) is 114 Å². The van der Waals surface area contributed by atoms with E-state index in [0.717, 1.165) is 17.7 Å². The van der Waals surface area contributed by atoms with E-state index in [1.165, 1.54) is 67.9 Å². The highest BCUT2D eigenvalue weighted by atomic mass is 32.2. The zero-order chi connectivity index (χ0) is 28.2. The van der Waals surface area contributed by atoms with Crippen LogP contribution in [0, 0.1) is 18.6 Å². The molecule has 0 atom stereocenters. The summed E-state index contributed by atoms with van der Waals surface area (Å²) in [4.78, 5) is 12.6. The maximum absolute atomic E-state index is 14.2. The van der Waals surface area contributed by atoms with Crippen LogP contribution in [0.15, 0.2) is 88.9 Å². The summed E-state index contributed by atoms with van der Waals surface area (Å²) in [5, 5.41) is 14.0. The number of aryl methyl sites for hydroxylation is 1. The lowest BCUT2D eigenvalue weighted by Crippen LogP contribution is -2.18. The first-order chi connectivity index (χ1) is 18.6. The first kappa shape index (κ1) is 27.3. The third-order valence-corrected chi connectivity index (χ3v) is 6.81. The van der Waals surface area contributed by atoms with E-state index in [2.05, 4.69) is 10.5 Å². The van der Waals surface area contributed by atoms with Gasteiger partial charge in [0.05, 0.1) is 18.9 Å². The number of amides is 1. The molecule has 2 N–H and O–H groups in total. The van der Waals surface area contributed by atoms with Crippen LogP contribution in [-0.2, 0) is 10.1 Å². The van der Waals surface area contributed by atoms with Gasteiger partial charge >= 0.3 is 10.1 Å². The van der Waals surface area contributed by atoms with Crippen LogP contribution >= 0.6 is 0 Å². The molecule has 0 aromatic heterocycles. The van der Waals surface area contributed by atoms with Crippen molar-refractivity contribution in [2.45, 2.75) is 11.8 Å². The van der Waals surface area contributed by atoms with Crippen molar-refractivity contribution >= 4 is 22.2 Å². The Hall–Kier alpha value is -4.77. The summed E-state index contributed by atoms with van der Waals surface area (Å²) in [6.07, 6.45) is 1.26. The van der Waals surface area contributed by atoms with Crippen LogP contribution in [0.25, 0.3) is 11.1 Å². The summed E-state index contributed by atoms with van der Waals surface area (Å²) in [6.45, 7) is 1.83. The maximum atomic E-state index is 14.2. The second-order valence-corrected chi connectivity index (χ2v) is 9.86. The van der Waals surface area contributed by atoms with Crippen LogP contribution in [0.2, 0.25) is 0 Å². The summed E-state index contributed by atoms with van der Waals surface area (Å²) >= 11 is 0. The quantitative estimate of drug-likeness (QED) is 0.177. The van der Waals surface area contributed by atoms with Gasteiger partial charge in [0.15, 0.2) is 11.5 Å². The number of nitrogens with one attached hydrogen (secondary N) is 1. The van der Waals surface area contributed by atoms with Crippen LogP contribution < -0.4 is 14.3 Å². The molecule has 0 aliphatic rings. The molecule has 11 heteroatoms. The Balaban J connectivity index is 1.49. The number of rotatable bonds is 8. The van der Waals surface area contributed by atoms with Crippen molar-refractivity contribution in [1.29, 1.82) is 0 Å². The van der Waals surface area contributed by atoms with E-state index < -0.39 is 27.7 Å². The molecule has 4 aromatic rings. The van der Waals surface area contributed by atoms with Crippen molar-refractivity contribution in [3.05, 3.63) is 107 Å². The number of phenols is 1. The van der Waals surface area contributed by atoms with Crippen LogP contribution in [0.5, 0.6) is 17.2 Å². The SMILES string of the molecule is COc1cc(C=NNC(=O)c2cc(-c3ccc(F)cc3F)ccc2O)ccc1OS(=O)(=O)c1ccc(C)cc1. The molecule has 39 heavy (non-hydrogen) atoms. The standard InChI is InChI=1S/C28H22F2N2O6S/c1-17-3-8-21(9-4-17)39(35,36)38-26-12-5-18(13-27(26)37-2)16-31-32-28(34)23-14-19(6-11-25(23)33)22-10-7-20(29)15-24(22)30/h3-16,33H,1-2H3,(H,32,34). The number of carbonyl (C=O) groups excluding carboxylic acids is 1. The predicted molar refractivity (Wildman–Crippen MR) is 141 cm³/mol. The number of hydrogen-bond donors (Lipinski definition) is 2. The molecule has 1 amide bonds. The van der Waals surface area contributed by atoms with E-state index in [0.29, 0.717) is 5.56 Å². The predicted octanol–water partition coefficient (Wildman–Crippen LogP) is 5.19. The lowest BCUT2D eigenvalue weighted by atomic mass is 10.0. The zero-order valence-electron chi connectivity index (χ0n) is 20.7. The average Bonchev–Trinajstić information content (AvgIpc) is 2.90. The fraction of sp³-hybridized carbons (Fsp3) is 0.0714. The van der Waals surface area contributed by atoms with Gasteiger partial charge in [-0.25, -0.2) is 14.2 Å². The molecular formula is C28H22F2N2O6S. The number of nitrogens with zero attached hydrogens (tertiary/aromatic N) is 1. The molecule has 0 aliphatic heterocycles. The minimum absolute atomic E-state index is 0.0157. The zero-order valence-corrected chi connectivity index (χ0v) is 21.5. The van der Waals surface area contributed by atoms with Crippen molar-refractivity contribution in [1.82, 2.24) is 5.43 Å². The summed E-state index contributed by atoms with van der Waals surface area (Å²) in [5.74, 6) is -2.66. The number of hydrazone groups is 1. The van der Waals surface area contributed by atoms with Gasteiger partial charge in [-0.2, -0.15) is 13.5 Å². The number of aromatic hydroxyl groups is 1. The molecule has 4 aromatic carbocycles. The molecule has 200 valence electrons. The molecule has 0 aliphatic carbocycles. The van der Waals surface area contributed by atoms with Gasteiger partial charge < -0.3 is 14.0 Å². The molecular weight excluding hydrogens is 530 g/mol. The second-order valence-electron chi connectivity index (χ2n) is 8.32. The van der Waals surface area contributed by atoms with E-state index in [-0.39, 0.29) is 38.8 Å². The Morgan fingerprint density at radius 2 is 1.69 bits per heavy atom. The van der Waals surface area contributed by atoms with Gasteiger partial charge in [0.25, 0.3) is 5.91 Å². The van der Waals surface area contributed by atoms with Crippen LogP contribution in [0.1, 0.15) is 21.5 Å². The van der Waals surface area contributed by atoms with Crippen molar-refractivity contribution in [3.63, 3.8) is 0 Å². The molecule has 0 unspecified atom stereocenters. The maximum Gasteiger partial charge on any atom is 0.339 e. The Morgan fingerprint density at radius 3 is 2.38 bits per heavy atom. The highest BCUT2D eigenvalue weighted by Crippen LogP contribution is 2.31. The van der Waals surface area contributed by atoms with Crippen LogP contribution in [0.4, 0.5) is 8.78 Å². The number of hydrogen-bond acceptors (Lipinski definition) is 7. The highest BCUT2D eigenvalue weighted by molar-refractivity contribution is 7.87. The first-order valence-electron chi connectivity index (χ1n) is 11.4. The van der Waals surface area contributed by atoms with Gasteiger partial charge in [0.2, 0.25) is 0 Å². The minimum Gasteiger partial charge on any atom is -0.507 e. The molecule has 0 heterocycles. The molecule has 0 fully saturated rings. The number of methoxy groups -OCH3 is 1. The summed E-state index contributed by atoms with van der Waals surface area (Å²) in [6, 6.07) is 17.4. The van der Waals surface area contributed by atoms with E-state index in [1.54, 1.807) is 12.1 Å². The number of ether oxygens (including phenoxy) is 1. The second kappa shape index (κ2) is 11.3. The van der Waals surface area contributed by atoms with Gasteiger partial charge in [-0.05, 0) is 72.6 Å². The lowest BCUT2D eigenvalue weighted by Gasteiger charge is -2.11. The summed E-state index contributed by atoms with van der Waals surface area (Å²) in [7, 11) is -2.77. The van der Waals surface area contributed by atoms with Gasteiger partial charge in [-0.15, -0.1) is 0 Å². The molecule has 0 bridgehead atoms.